The number of carbonyl (C=O) groups excluding carboxylic acids is 1. The van der Waals surface area contributed by atoms with Crippen molar-refractivity contribution in [2.75, 3.05) is 4.90 Å². The van der Waals surface area contributed by atoms with Gasteiger partial charge >= 0.3 is 12.2 Å². The summed E-state index contributed by atoms with van der Waals surface area (Å²) >= 11 is 0. The third-order valence-electron chi connectivity index (χ3n) is 4.73. The second-order valence-electron chi connectivity index (χ2n) is 6.56. The van der Waals surface area contributed by atoms with Gasteiger partial charge in [-0.3, -0.25) is 9.68 Å². The lowest BCUT2D eigenvalue weighted by Gasteiger charge is -2.34. The Labute approximate surface area is 177 Å². The number of amides is 2. The highest BCUT2D eigenvalue weighted by Gasteiger charge is 2.36. The maximum Gasteiger partial charge on any atom is 0.416 e. The van der Waals surface area contributed by atoms with Gasteiger partial charge < -0.3 is 5.32 Å². The van der Waals surface area contributed by atoms with Gasteiger partial charge in [0.25, 0.3) is 0 Å². The van der Waals surface area contributed by atoms with Gasteiger partial charge in [-0.25, -0.2) is 9.00 Å². The summed E-state index contributed by atoms with van der Waals surface area (Å²) in [6.07, 6.45) is -4.61. The van der Waals surface area contributed by atoms with Crippen molar-refractivity contribution in [3.05, 3.63) is 70.4 Å². The minimum atomic E-state index is -4.61. The lowest BCUT2D eigenvalue weighted by molar-refractivity contribution is -0.137. The van der Waals surface area contributed by atoms with E-state index in [2.05, 4.69) is 5.32 Å². The molecule has 0 bridgehead atoms. The van der Waals surface area contributed by atoms with Gasteiger partial charge in [0, 0.05) is 5.70 Å². The maximum atomic E-state index is 13.1. The summed E-state index contributed by atoms with van der Waals surface area (Å²) in [6, 6.07) is 10.1. The van der Waals surface area contributed by atoms with E-state index in [0.29, 0.717) is 0 Å². The number of hydrogen-bond acceptors (Lipinski definition) is 5. The van der Waals surface area contributed by atoms with Crippen LogP contribution >= 0.6 is 0 Å². The maximum absolute atomic E-state index is 13.1. The average Bonchev–Trinajstić information content (AvgIpc) is 2.72. The van der Waals surface area contributed by atoms with Crippen LogP contribution in [-0.4, -0.2) is 10.2 Å². The van der Waals surface area contributed by atoms with Gasteiger partial charge in [-0.15, -0.1) is 0 Å². The van der Waals surface area contributed by atoms with Gasteiger partial charge in [-0.05, 0) is 42.8 Å². The minimum Gasteiger partial charge on any atom is -0.326 e. The van der Waals surface area contributed by atoms with E-state index in [4.69, 9.17) is 10.0 Å². The summed E-state index contributed by atoms with van der Waals surface area (Å²) in [5.74, 6) is 0. The lowest BCUT2D eigenvalue weighted by Crippen LogP contribution is -2.46. The number of carbonyl (C=O) groups is 1. The Kier molecular flexibility index (Phi) is 5.73. The second-order valence-corrected chi connectivity index (χ2v) is 7.63. The number of urea groups is 1. The van der Waals surface area contributed by atoms with Crippen molar-refractivity contribution in [3.8, 4) is 12.1 Å². The van der Waals surface area contributed by atoms with Crippen molar-refractivity contribution >= 4 is 22.3 Å². The molecule has 0 fully saturated rings. The van der Waals surface area contributed by atoms with Crippen molar-refractivity contribution < 1.29 is 22.2 Å². The van der Waals surface area contributed by atoms with E-state index in [1.54, 1.807) is 0 Å². The average molecular weight is 445 g/mol. The number of nitrogens with zero attached hydrogens (tertiary/aromatic N) is 3. The smallest absolute Gasteiger partial charge is 0.326 e. The molecule has 2 aromatic rings. The molecule has 158 valence electrons. The van der Waals surface area contributed by atoms with E-state index in [1.165, 1.54) is 31.2 Å². The number of allylic oxidation sites excluding steroid dienone is 1. The Hall–Kier alpha value is -3.83. The van der Waals surface area contributed by atoms with E-state index in [-0.39, 0.29) is 33.0 Å². The van der Waals surface area contributed by atoms with Crippen LogP contribution in [0.3, 0.4) is 0 Å². The molecule has 31 heavy (non-hydrogen) atoms. The van der Waals surface area contributed by atoms with Gasteiger partial charge in [0.1, 0.15) is 0 Å². The molecule has 1 aliphatic heterocycles. The Morgan fingerprint density at radius 3 is 2.45 bits per heavy atom. The number of alkyl halides is 3. The van der Waals surface area contributed by atoms with Crippen molar-refractivity contribution in [2.45, 2.75) is 24.0 Å². The zero-order valence-corrected chi connectivity index (χ0v) is 16.8. The van der Waals surface area contributed by atoms with Crippen LogP contribution in [0.5, 0.6) is 0 Å². The minimum absolute atomic E-state index is 0.000167. The number of benzene rings is 2. The molecule has 0 spiro atoms. The fourth-order valence-corrected chi connectivity index (χ4v) is 3.98. The first kappa shape index (κ1) is 21.9. The second kappa shape index (κ2) is 8.13. The van der Waals surface area contributed by atoms with Crippen LogP contribution in [0.2, 0.25) is 0 Å². The van der Waals surface area contributed by atoms with Gasteiger partial charge in [0.15, 0.2) is 0 Å². The molecule has 1 heterocycles. The van der Waals surface area contributed by atoms with Gasteiger partial charge in [0.2, 0.25) is 0 Å². The number of thiol groups is 1. The van der Waals surface area contributed by atoms with E-state index in [0.717, 1.165) is 23.1 Å². The Bertz CT molecular complexity index is 1260. The highest BCUT2D eigenvalue weighted by molar-refractivity contribution is 7.73. The van der Waals surface area contributed by atoms with Gasteiger partial charge in [-0.1, -0.05) is 12.1 Å². The zero-order chi connectivity index (χ0) is 22.9. The molecule has 0 saturated carbocycles. The number of anilines is 1. The largest absolute Gasteiger partial charge is 0.416 e. The molecule has 0 radical (unpaired) electrons. The third kappa shape index (κ3) is 4.09. The van der Waals surface area contributed by atoms with E-state index < -0.39 is 34.4 Å². The highest BCUT2D eigenvalue weighted by atomic mass is 32.2. The Morgan fingerprint density at radius 2 is 1.87 bits per heavy atom. The van der Waals surface area contributed by atoms with Gasteiger partial charge in [-0.2, -0.15) is 23.7 Å². The molecular formula is C20H14F3N5O2S. The summed E-state index contributed by atoms with van der Waals surface area (Å²) in [7, 11) is -2.66. The van der Waals surface area contributed by atoms with Crippen LogP contribution in [0, 0.1) is 27.4 Å². The zero-order valence-electron chi connectivity index (χ0n) is 15.9. The normalized spacial score (nSPS) is 17.5. The number of nitrogens with one attached hydrogen (secondary N) is 2. The predicted octanol–water partition coefficient (Wildman–Crippen LogP) is 4.25. The Morgan fingerprint density at radius 1 is 1.16 bits per heavy atom. The van der Waals surface area contributed by atoms with E-state index in [1.807, 2.05) is 12.1 Å². The van der Waals surface area contributed by atoms with Crippen LogP contribution in [0.25, 0.3) is 0 Å². The SMILES string of the molecule is CC1=C(C#N)[C@@H](c2ccc(C#N)cc2[SH](=N)=O)NC(=O)N1c1cccc(C(F)(F)F)c1. The van der Waals surface area contributed by atoms with E-state index >= 15 is 0 Å². The highest BCUT2D eigenvalue weighted by Crippen LogP contribution is 2.37. The molecular weight excluding hydrogens is 431 g/mol. The fourth-order valence-electron chi connectivity index (χ4n) is 3.29. The summed E-state index contributed by atoms with van der Waals surface area (Å²) in [5.41, 5.74) is -0.593. The molecule has 2 aromatic carbocycles. The molecule has 0 aliphatic carbocycles. The lowest BCUT2D eigenvalue weighted by atomic mass is 9.94. The molecule has 3 rings (SSSR count). The quantitative estimate of drug-likeness (QED) is 0.612. The molecule has 1 aliphatic rings. The first-order valence-electron chi connectivity index (χ1n) is 8.69. The van der Waals surface area contributed by atoms with Crippen molar-refractivity contribution in [1.82, 2.24) is 5.32 Å². The Balaban J connectivity index is 2.16. The molecule has 2 amide bonds. The third-order valence-corrected chi connectivity index (χ3v) is 5.55. The van der Waals surface area contributed by atoms with E-state index in [9.17, 15) is 27.4 Å². The van der Waals surface area contributed by atoms with Crippen LogP contribution in [0.15, 0.2) is 58.6 Å². The monoisotopic (exact) mass is 445 g/mol. The number of hydrogen-bond donors (Lipinski definition) is 3. The molecule has 0 saturated heterocycles. The first-order valence-corrected chi connectivity index (χ1v) is 9.95. The summed E-state index contributed by atoms with van der Waals surface area (Å²) < 4.78 is 58.8. The van der Waals surface area contributed by atoms with Crippen molar-refractivity contribution in [2.24, 2.45) is 0 Å². The standard InChI is InChI=1S/C20H14F3N5O2S/c1-11-16(10-25)18(15-6-5-12(9-24)7-17(15)31(26)30)27-19(29)28(11)14-4-2-3-13(8-14)20(21,22)23/h2-8,18,26,31H,1H3,(H,27,29)/t18-/m1/s1. The molecule has 0 aromatic heterocycles. The van der Waals surface area contributed by atoms with Crippen molar-refractivity contribution in [1.29, 1.82) is 15.3 Å². The molecule has 2 atom stereocenters. The molecule has 7 nitrogen and oxygen atoms in total. The predicted molar refractivity (Wildman–Crippen MR) is 105 cm³/mol. The molecule has 2 N–H and O–H groups in total. The summed E-state index contributed by atoms with van der Waals surface area (Å²) in [4.78, 5) is 13.8. The van der Waals surface area contributed by atoms with Crippen LogP contribution in [0.1, 0.15) is 29.7 Å². The van der Waals surface area contributed by atoms with Gasteiger partial charge in [0.05, 0.1) is 56.1 Å². The molecule has 11 heteroatoms. The van der Waals surface area contributed by atoms with Crippen molar-refractivity contribution in [3.63, 3.8) is 0 Å². The first-order chi connectivity index (χ1) is 14.6. The van der Waals surface area contributed by atoms with Crippen LogP contribution in [0.4, 0.5) is 23.7 Å². The number of halogens is 3. The summed E-state index contributed by atoms with van der Waals surface area (Å²) in [5, 5.41) is 21.3. The van der Waals surface area contributed by atoms with Crippen LogP contribution < -0.4 is 10.2 Å². The number of nitriles is 2. The summed E-state index contributed by atoms with van der Waals surface area (Å²) in [6.45, 7) is 1.41. The molecule has 1 unspecified atom stereocenters. The topological polar surface area (TPSA) is 121 Å². The number of rotatable bonds is 3. The fraction of sp³-hybridized carbons (Fsp3) is 0.150. The van der Waals surface area contributed by atoms with Crippen LogP contribution in [-0.2, 0) is 16.8 Å².